The summed E-state index contributed by atoms with van der Waals surface area (Å²) < 4.78 is 0. The van der Waals surface area contributed by atoms with Crippen LogP contribution in [0.15, 0.2) is 29.2 Å². The molecule has 0 saturated heterocycles. The number of thioether (sulfide) groups is 1. The van der Waals surface area contributed by atoms with E-state index in [0.717, 1.165) is 17.9 Å². The third kappa shape index (κ3) is 2.85. The number of likely N-dealkylation sites (N-methyl/N-ethyl adjacent to an activating group) is 1. The summed E-state index contributed by atoms with van der Waals surface area (Å²) in [6, 6.07) is 9.79. The Morgan fingerprint density at radius 2 is 2.00 bits per heavy atom. The van der Waals surface area contributed by atoms with E-state index in [4.69, 9.17) is 0 Å². The molecule has 1 saturated carbocycles. The van der Waals surface area contributed by atoms with Crippen molar-refractivity contribution in [1.29, 1.82) is 0 Å². The van der Waals surface area contributed by atoms with E-state index in [1.54, 1.807) is 5.56 Å². The van der Waals surface area contributed by atoms with Gasteiger partial charge in [0.05, 0.1) is 0 Å². The highest BCUT2D eigenvalue weighted by molar-refractivity contribution is 7.99. The first-order chi connectivity index (χ1) is 9.25. The van der Waals surface area contributed by atoms with E-state index in [9.17, 15) is 0 Å². The Balaban J connectivity index is 1.66. The maximum Gasteiger partial charge on any atom is 0.0118 e. The zero-order valence-electron chi connectivity index (χ0n) is 12.1. The van der Waals surface area contributed by atoms with Crippen molar-refractivity contribution in [3.05, 3.63) is 29.8 Å². The molecule has 0 amide bonds. The van der Waals surface area contributed by atoms with Gasteiger partial charge in [-0.3, -0.25) is 0 Å². The van der Waals surface area contributed by atoms with Crippen molar-refractivity contribution >= 4 is 11.8 Å². The molecule has 3 atom stereocenters. The van der Waals surface area contributed by atoms with E-state index >= 15 is 0 Å². The number of fused-ring (bicyclic) bond motifs is 1. The van der Waals surface area contributed by atoms with Crippen molar-refractivity contribution in [3.63, 3.8) is 0 Å². The minimum atomic E-state index is 0.736. The molecule has 1 nitrogen and oxygen atoms in total. The van der Waals surface area contributed by atoms with Gasteiger partial charge in [0.1, 0.15) is 0 Å². The molecule has 1 heterocycles. The third-order valence-corrected chi connectivity index (χ3v) is 6.19. The third-order valence-electron chi connectivity index (χ3n) is 4.94. The Morgan fingerprint density at radius 3 is 2.84 bits per heavy atom. The molecule has 0 bridgehead atoms. The van der Waals surface area contributed by atoms with Gasteiger partial charge in [-0.15, -0.1) is 11.8 Å². The second-order valence-corrected chi connectivity index (χ2v) is 7.38. The maximum atomic E-state index is 2.65. The summed E-state index contributed by atoms with van der Waals surface area (Å²) in [7, 11) is 2.35. The number of nitrogens with zero attached hydrogens (tertiary/aromatic N) is 1. The van der Waals surface area contributed by atoms with E-state index in [1.165, 1.54) is 42.9 Å². The molecule has 1 aromatic rings. The Morgan fingerprint density at radius 1 is 1.21 bits per heavy atom. The molecule has 2 heteroatoms. The average Bonchev–Trinajstić information content (AvgIpc) is 2.83. The van der Waals surface area contributed by atoms with Crippen molar-refractivity contribution in [2.75, 3.05) is 19.3 Å². The molecule has 19 heavy (non-hydrogen) atoms. The van der Waals surface area contributed by atoms with Crippen LogP contribution in [0, 0.1) is 5.92 Å². The monoisotopic (exact) mass is 275 g/mol. The maximum absolute atomic E-state index is 2.65. The van der Waals surface area contributed by atoms with Gasteiger partial charge >= 0.3 is 0 Å². The van der Waals surface area contributed by atoms with Gasteiger partial charge in [0.25, 0.3) is 0 Å². The van der Waals surface area contributed by atoms with Crippen LogP contribution in [0.5, 0.6) is 0 Å². The first-order valence-corrected chi connectivity index (χ1v) is 8.66. The van der Waals surface area contributed by atoms with E-state index < -0.39 is 0 Å². The predicted molar refractivity (Wildman–Crippen MR) is 84.0 cm³/mol. The lowest BCUT2D eigenvalue weighted by atomic mass is 9.84. The molecule has 0 aromatic heterocycles. The van der Waals surface area contributed by atoms with E-state index in [1.807, 2.05) is 11.8 Å². The fourth-order valence-corrected chi connectivity index (χ4v) is 5.06. The quantitative estimate of drug-likeness (QED) is 0.805. The van der Waals surface area contributed by atoms with E-state index in [2.05, 4.69) is 43.1 Å². The standard InChI is InChI=1S/C17H25NS/c1-13-7-3-5-9-16(13)18(2)11-14-12-19-17-10-6-4-8-15(14)17/h4,6,8,10,13-14,16H,3,5,7,9,11-12H2,1-2H3. The van der Waals surface area contributed by atoms with Gasteiger partial charge in [-0.25, -0.2) is 0 Å². The summed E-state index contributed by atoms with van der Waals surface area (Å²) in [6.45, 7) is 3.68. The highest BCUT2D eigenvalue weighted by atomic mass is 32.2. The first kappa shape index (κ1) is 13.5. The van der Waals surface area contributed by atoms with E-state index in [-0.39, 0.29) is 0 Å². The SMILES string of the molecule is CC1CCCCC1N(C)CC1CSc2ccccc21. The molecular formula is C17H25NS. The van der Waals surface area contributed by atoms with Gasteiger partial charge < -0.3 is 4.90 Å². The molecular weight excluding hydrogens is 250 g/mol. The minimum absolute atomic E-state index is 0.736. The van der Waals surface area contributed by atoms with Crippen molar-refractivity contribution in [1.82, 2.24) is 4.90 Å². The predicted octanol–water partition coefficient (Wildman–Crippen LogP) is 4.39. The lowest BCUT2D eigenvalue weighted by Crippen LogP contribution is -2.41. The highest BCUT2D eigenvalue weighted by Gasteiger charge is 2.29. The van der Waals surface area contributed by atoms with Crippen LogP contribution in [0.25, 0.3) is 0 Å². The van der Waals surface area contributed by atoms with Crippen molar-refractivity contribution in [2.24, 2.45) is 5.92 Å². The fraction of sp³-hybridized carbons (Fsp3) is 0.647. The summed E-state index contributed by atoms with van der Waals surface area (Å²) in [5.74, 6) is 2.88. The van der Waals surface area contributed by atoms with Gasteiger partial charge in [0.2, 0.25) is 0 Å². The van der Waals surface area contributed by atoms with Crippen LogP contribution in [0.4, 0.5) is 0 Å². The second-order valence-electron chi connectivity index (χ2n) is 6.31. The first-order valence-electron chi connectivity index (χ1n) is 7.67. The zero-order chi connectivity index (χ0) is 13.2. The number of hydrogen-bond acceptors (Lipinski definition) is 2. The lowest BCUT2D eigenvalue weighted by molar-refractivity contribution is 0.135. The number of rotatable bonds is 3. The summed E-state index contributed by atoms with van der Waals surface area (Å²) in [5.41, 5.74) is 1.59. The van der Waals surface area contributed by atoms with Crippen LogP contribution in [0.2, 0.25) is 0 Å². The molecule has 3 unspecified atom stereocenters. The molecule has 0 spiro atoms. The molecule has 0 N–H and O–H groups in total. The van der Waals surface area contributed by atoms with Crippen LogP contribution in [0.1, 0.15) is 44.1 Å². The van der Waals surface area contributed by atoms with Gasteiger partial charge in [-0.2, -0.15) is 0 Å². The van der Waals surface area contributed by atoms with Crippen LogP contribution < -0.4 is 0 Å². The van der Waals surface area contributed by atoms with E-state index in [0.29, 0.717) is 0 Å². The van der Waals surface area contributed by atoms with Gasteiger partial charge in [-0.1, -0.05) is 38.0 Å². The summed E-state index contributed by atoms with van der Waals surface area (Å²) in [6.07, 6.45) is 5.69. The normalized spacial score (nSPS) is 30.6. The van der Waals surface area contributed by atoms with Gasteiger partial charge in [-0.05, 0) is 37.4 Å². The Hall–Kier alpha value is -0.470. The lowest BCUT2D eigenvalue weighted by Gasteiger charge is -2.37. The van der Waals surface area contributed by atoms with Crippen molar-refractivity contribution in [2.45, 2.75) is 49.5 Å². The Labute approximate surface area is 121 Å². The van der Waals surface area contributed by atoms with Crippen LogP contribution in [0.3, 0.4) is 0 Å². The molecule has 1 fully saturated rings. The number of benzene rings is 1. The Bertz CT molecular complexity index is 431. The van der Waals surface area contributed by atoms with Crippen molar-refractivity contribution in [3.8, 4) is 0 Å². The minimum Gasteiger partial charge on any atom is -0.303 e. The van der Waals surface area contributed by atoms with Crippen molar-refractivity contribution < 1.29 is 0 Å². The summed E-state index contributed by atoms with van der Waals surface area (Å²) in [5, 5.41) is 0. The molecule has 1 aliphatic carbocycles. The van der Waals surface area contributed by atoms with Crippen LogP contribution in [-0.2, 0) is 0 Å². The fourth-order valence-electron chi connectivity index (χ4n) is 3.81. The molecule has 1 aliphatic heterocycles. The molecule has 0 radical (unpaired) electrons. The zero-order valence-corrected chi connectivity index (χ0v) is 13.0. The molecule has 3 rings (SSSR count). The van der Waals surface area contributed by atoms with Crippen LogP contribution >= 0.6 is 11.8 Å². The average molecular weight is 275 g/mol. The van der Waals surface area contributed by atoms with Gasteiger partial charge in [0.15, 0.2) is 0 Å². The second kappa shape index (κ2) is 5.88. The van der Waals surface area contributed by atoms with Gasteiger partial charge in [0, 0.05) is 29.2 Å². The summed E-state index contributed by atoms with van der Waals surface area (Å²) in [4.78, 5) is 4.16. The molecule has 104 valence electrons. The number of hydrogen-bond donors (Lipinski definition) is 0. The smallest absolute Gasteiger partial charge is 0.0118 e. The molecule has 1 aromatic carbocycles. The highest BCUT2D eigenvalue weighted by Crippen LogP contribution is 2.40. The van der Waals surface area contributed by atoms with Crippen LogP contribution in [-0.4, -0.2) is 30.3 Å². The molecule has 2 aliphatic rings. The Kier molecular flexibility index (Phi) is 4.18. The summed E-state index contributed by atoms with van der Waals surface area (Å²) >= 11 is 2.04. The topological polar surface area (TPSA) is 3.24 Å². The largest absolute Gasteiger partial charge is 0.303 e.